The SMILES string of the molecule is COc1cccc(CN(C(=O)CN(c2cccc(Cl)c2)S(C)(=O)=O)C(C)C(=O)NC(C)C)c1. The smallest absolute Gasteiger partial charge is 0.244 e. The van der Waals surface area contributed by atoms with Crippen LogP contribution in [0.3, 0.4) is 0 Å². The summed E-state index contributed by atoms with van der Waals surface area (Å²) in [6, 6.07) is 12.4. The van der Waals surface area contributed by atoms with Crippen LogP contribution in [0.1, 0.15) is 26.3 Å². The molecule has 0 saturated carbocycles. The Hall–Kier alpha value is -2.78. The first kappa shape index (κ1) is 26.5. The summed E-state index contributed by atoms with van der Waals surface area (Å²) < 4.78 is 31.2. The number of rotatable bonds is 10. The number of carbonyl (C=O) groups excluding carboxylic acids is 2. The van der Waals surface area contributed by atoms with Gasteiger partial charge in [-0.05, 0) is 56.7 Å². The molecule has 8 nitrogen and oxygen atoms in total. The van der Waals surface area contributed by atoms with Crippen LogP contribution in [0.15, 0.2) is 48.5 Å². The van der Waals surface area contributed by atoms with Crippen LogP contribution >= 0.6 is 11.6 Å². The van der Waals surface area contributed by atoms with Crippen LogP contribution in [-0.2, 0) is 26.2 Å². The molecular formula is C23H30ClN3O5S. The van der Waals surface area contributed by atoms with Crippen LogP contribution in [0.2, 0.25) is 5.02 Å². The lowest BCUT2D eigenvalue weighted by atomic mass is 10.1. The lowest BCUT2D eigenvalue weighted by Gasteiger charge is -2.32. The summed E-state index contributed by atoms with van der Waals surface area (Å²) in [4.78, 5) is 27.5. The molecule has 0 aliphatic rings. The molecule has 1 N–H and O–H groups in total. The van der Waals surface area contributed by atoms with Crippen LogP contribution in [0.5, 0.6) is 5.75 Å². The van der Waals surface area contributed by atoms with Crippen molar-refractivity contribution in [1.29, 1.82) is 0 Å². The quantitative estimate of drug-likeness (QED) is 0.546. The van der Waals surface area contributed by atoms with Crippen LogP contribution < -0.4 is 14.4 Å². The molecule has 2 aromatic carbocycles. The van der Waals surface area contributed by atoms with E-state index in [1.807, 2.05) is 13.8 Å². The number of hydrogen-bond donors (Lipinski definition) is 1. The minimum absolute atomic E-state index is 0.0931. The number of anilines is 1. The van der Waals surface area contributed by atoms with Crippen molar-refractivity contribution in [2.75, 3.05) is 24.2 Å². The average molecular weight is 496 g/mol. The fourth-order valence-electron chi connectivity index (χ4n) is 3.20. The van der Waals surface area contributed by atoms with Crippen molar-refractivity contribution in [2.24, 2.45) is 0 Å². The molecule has 0 aliphatic carbocycles. The molecule has 33 heavy (non-hydrogen) atoms. The maximum Gasteiger partial charge on any atom is 0.244 e. The normalized spacial score (nSPS) is 12.2. The number of methoxy groups -OCH3 is 1. The zero-order valence-electron chi connectivity index (χ0n) is 19.4. The Morgan fingerprint density at radius 2 is 1.76 bits per heavy atom. The predicted octanol–water partition coefficient (Wildman–Crippen LogP) is 3.06. The van der Waals surface area contributed by atoms with Gasteiger partial charge in [0, 0.05) is 17.6 Å². The molecule has 0 radical (unpaired) electrons. The van der Waals surface area contributed by atoms with Gasteiger partial charge in [0.1, 0.15) is 18.3 Å². The van der Waals surface area contributed by atoms with E-state index < -0.39 is 28.5 Å². The molecule has 180 valence electrons. The summed E-state index contributed by atoms with van der Waals surface area (Å²) in [6.45, 7) is 4.87. The van der Waals surface area contributed by atoms with Crippen molar-refractivity contribution >= 4 is 39.1 Å². The zero-order chi connectivity index (χ0) is 24.8. The third kappa shape index (κ3) is 7.64. The molecule has 1 unspecified atom stereocenters. The van der Waals surface area contributed by atoms with Crippen LogP contribution in [0.4, 0.5) is 5.69 Å². The molecule has 2 amide bonds. The highest BCUT2D eigenvalue weighted by Crippen LogP contribution is 2.23. The van der Waals surface area contributed by atoms with Gasteiger partial charge in [0.05, 0.1) is 19.1 Å². The summed E-state index contributed by atoms with van der Waals surface area (Å²) in [7, 11) is -2.27. The van der Waals surface area contributed by atoms with E-state index >= 15 is 0 Å². The predicted molar refractivity (Wildman–Crippen MR) is 130 cm³/mol. The fraction of sp³-hybridized carbons (Fsp3) is 0.391. The Bertz CT molecular complexity index is 1090. The van der Waals surface area contributed by atoms with E-state index in [1.54, 1.807) is 49.4 Å². The first-order chi connectivity index (χ1) is 15.4. The maximum absolute atomic E-state index is 13.4. The molecule has 0 saturated heterocycles. The van der Waals surface area contributed by atoms with Crippen molar-refractivity contribution < 1.29 is 22.7 Å². The van der Waals surface area contributed by atoms with E-state index in [9.17, 15) is 18.0 Å². The Morgan fingerprint density at radius 3 is 2.33 bits per heavy atom. The number of ether oxygens (including phenoxy) is 1. The number of sulfonamides is 1. The maximum atomic E-state index is 13.4. The van der Waals surface area contributed by atoms with Gasteiger partial charge in [0.2, 0.25) is 21.8 Å². The largest absolute Gasteiger partial charge is 0.497 e. The Morgan fingerprint density at radius 1 is 1.09 bits per heavy atom. The number of nitrogens with one attached hydrogen (secondary N) is 1. The van der Waals surface area contributed by atoms with E-state index in [2.05, 4.69) is 5.32 Å². The number of halogens is 1. The number of nitrogens with zero attached hydrogens (tertiary/aromatic N) is 2. The molecular weight excluding hydrogens is 466 g/mol. The van der Waals surface area contributed by atoms with E-state index in [-0.39, 0.29) is 24.2 Å². The first-order valence-corrected chi connectivity index (χ1v) is 12.6. The van der Waals surface area contributed by atoms with Crippen molar-refractivity contribution in [3.63, 3.8) is 0 Å². The highest BCUT2D eigenvalue weighted by molar-refractivity contribution is 7.92. The summed E-state index contributed by atoms with van der Waals surface area (Å²) in [5.74, 6) is -0.264. The second-order valence-corrected chi connectivity index (χ2v) is 10.3. The van der Waals surface area contributed by atoms with Crippen molar-refractivity contribution in [3.8, 4) is 5.75 Å². The summed E-state index contributed by atoms with van der Waals surface area (Å²) >= 11 is 6.03. The topological polar surface area (TPSA) is 96.0 Å². The second kappa shape index (κ2) is 11.4. The van der Waals surface area contributed by atoms with Crippen molar-refractivity contribution in [2.45, 2.75) is 39.4 Å². The van der Waals surface area contributed by atoms with Crippen LogP contribution in [0, 0.1) is 0 Å². The number of benzene rings is 2. The average Bonchev–Trinajstić information content (AvgIpc) is 2.74. The lowest BCUT2D eigenvalue weighted by Crippen LogP contribution is -2.52. The standard InChI is InChI=1S/C23H30ClN3O5S/c1-16(2)25-23(29)17(3)26(14-18-8-6-11-21(12-18)32-4)22(28)15-27(33(5,30)31)20-10-7-9-19(24)13-20/h6-13,16-17H,14-15H2,1-5H3,(H,25,29). The Kier molecular flexibility index (Phi) is 9.13. The van der Waals surface area contributed by atoms with Gasteiger partial charge in [-0.25, -0.2) is 8.42 Å². The van der Waals surface area contributed by atoms with Crippen molar-refractivity contribution in [3.05, 3.63) is 59.1 Å². The minimum Gasteiger partial charge on any atom is -0.497 e. The minimum atomic E-state index is -3.81. The molecule has 0 bridgehead atoms. The van der Waals surface area contributed by atoms with Gasteiger partial charge in [-0.1, -0.05) is 29.8 Å². The molecule has 2 aromatic rings. The van der Waals surface area contributed by atoms with Gasteiger partial charge in [0.25, 0.3) is 0 Å². The zero-order valence-corrected chi connectivity index (χ0v) is 21.0. The van der Waals surface area contributed by atoms with E-state index in [4.69, 9.17) is 16.3 Å². The molecule has 10 heteroatoms. The summed E-state index contributed by atoms with van der Waals surface area (Å²) in [5, 5.41) is 3.14. The molecule has 0 aliphatic heterocycles. The van der Waals surface area contributed by atoms with Gasteiger partial charge < -0.3 is 15.0 Å². The van der Waals surface area contributed by atoms with Crippen molar-refractivity contribution in [1.82, 2.24) is 10.2 Å². The van der Waals surface area contributed by atoms with E-state index in [0.717, 1.165) is 16.1 Å². The third-order valence-electron chi connectivity index (χ3n) is 4.86. The Labute approximate surface area is 200 Å². The molecule has 0 aromatic heterocycles. The summed E-state index contributed by atoms with van der Waals surface area (Å²) in [6.07, 6.45) is 1.02. The van der Waals surface area contributed by atoms with E-state index in [1.165, 1.54) is 18.1 Å². The monoisotopic (exact) mass is 495 g/mol. The first-order valence-electron chi connectivity index (χ1n) is 10.4. The highest BCUT2D eigenvalue weighted by atomic mass is 35.5. The molecule has 0 fully saturated rings. The molecule has 0 spiro atoms. The second-order valence-electron chi connectivity index (χ2n) is 7.96. The number of carbonyl (C=O) groups is 2. The molecule has 0 heterocycles. The highest BCUT2D eigenvalue weighted by Gasteiger charge is 2.30. The Balaban J connectivity index is 2.40. The van der Waals surface area contributed by atoms with Gasteiger partial charge in [0.15, 0.2) is 0 Å². The van der Waals surface area contributed by atoms with Gasteiger partial charge >= 0.3 is 0 Å². The number of hydrogen-bond acceptors (Lipinski definition) is 5. The van der Waals surface area contributed by atoms with E-state index in [0.29, 0.717) is 10.8 Å². The molecule has 2 rings (SSSR count). The lowest BCUT2D eigenvalue weighted by molar-refractivity contribution is -0.139. The summed E-state index contributed by atoms with van der Waals surface area (Å²) in [5.41, 5.74) is 1.000. The van der Waals surface area contributed by atoms with Gasteiger partial charge in [-0.15, -0.1) is 0 Å². The van der Waals surface area contributed by atoms with Crippen LogP contribution in [0.25, 0.3) is 0 Å². The molecule has 1 atom stereocenters. The van der Waals surface area contributed by atoms with Gasteiger partial charge in [-0.2, -0.15) is 0 Å². The van der Waals surface area contributed by atoms with Gasteiger partial charge in [-0.3, -0.25) is 13.9 Å². The third-order valence-corrected chi connectivity index (χ3v) is 6.24. The number of amides is 2. The van der Waals surface area contributed by atoms with Crippen LogP contribution in [-0.4, -0.2) is 57.1 Å². The fourth-order valence-corrected chi connectivity index (χ4v) is 4.23.